The lowest BCUT2D eigenvalue weighted by Gasteiger charge is -2.36. The van der Waals surface area contributed by atoms with E-state index in [1.54, 1.807) is 0 Å². The lowest BCUT2D eigenvalue weighted by molar-refractivity contribution is -0.116. The number of likely N-dealkylation sites (tertiary alicyclic amines) is 1. The Labute approximate surface area is 132 Å². The van der Waals surface area contributed by atoms with Crippen LogP contribution in [-0.2, 0) is 4.79 Å². The van der Waals surface area contributed by atoms with Crippen molar-refractivity contribution >= 4 is 17.4 Å². The van der Waals surface area contributed by atoms with E-state index in [0.29, 0.717) is 31.2 Å². The van der Waals surface area contributed by atoms with E-state index in [4.69, 9.17) is 5.73 Å². The summed E-state index contributed by atoms with van der Waals surface area (Å²) in [5.74, 6) is 0.567. The van der Waals surface area contributed by atoms with Gasteiger partial charge in [-0.15, -0.1) is 0 Å². The van der Waals surface area contributed by atoms with E-state index in [2.05, 4.69) is 34.2 Å². The van der Waals surface area contributed by atoms with E-state index in [0.717, 1.165) is 18.8 Å². The predicted octanol–water partition coefficient (Wildman–Crippen LogP) is 1.29. The highest BCUT2D eigenvalue weighted by molar-refractivity contribution is 5.89. The first-order valence-corrected chi connectivity index (χ1v) is 7.97. The van der Waals surface area contributed by atoms with Crippen LogP contribution in [0.4, 0.5) is 11.5 Å². The summed E-state index contributed by atoms with van der Waals surface area (Å²) < 4.78 is 0. The van der Waals surface area contributed by atoms with Gasteiger partial charge in [0.2, 0.25) is 5.91 Å². The van der Waals surface area contributed by atoms with Crippen LogP contribution in [0.2, 0.25) is 0 Å². The van der Waals surface area contributed by atoms with Crippen LogP contribution in [0.25, 0.3) is 0 Å². The Hall–Kier alpha value is -1.66. The third kappa shape index (κ3) is 4.68. The minimum absolute atomic E-state index is 0.0330. The fourth-order valence-electron chi connectivity index (χ4n) is 2.73. The predicted molar refractivity (Wildman–Crippen MR) is 90.1 cm³/mol. The molecule has 22 heavy (non-hydrogen) atoms. The van der Waals surface area contributed by atoms with Gasteiger partial charge >= 0.3 is 0 Å². The maximum absolute atomic E-state index is 11.6. The molecule has 1 aliphatic heterocycles. The molecule has 0 radical (unpaired) electrons. The van der Waals surface area contributed by atoms with E-state index in [9.17, 15) is 4.79 Å². The number of pyridine rings is 1. The second kappa shape index (κ2) is 8.10. The molecule has 122 valence electrons. The van der Waals surface area contributed by atoms with Crippen molar-refractivity contribution in [2.24, 2.45) is 5.73 Å². The maximum Gasteiger partial charge on any atom is 0.225 e. The van der Waals surface area contributed by atoms with Crippen LogP contribution in [0.5, 0.6) is 0 Å². The Morgan fingerprint density at radius 1 is 1.45 bits per heavy atom. The Balaban J connectivity index is 1.89. The Bertz CT molecular complexity index is 468. The number of carbonyl (C=O) groups excluding carboxylic acids is 1. The fourth-order valence-corrected chi connectivity index (χ4v) is 2.73. The van der Waals surface area contributed by atoms with Gasteiger partial charge in [0.1, 0.15) is 5.82 Å². The van der Waals surface area contributed by atoms with Crippen molar-refractivity contribution in [3.8, 4) is 0 Å². The number of hydrogen-bond donors (Lipinski definition) is 2. The second-order valence-corrected chi connectivity index (χ2v) is 5.99. The van der Waals surface area contributed by atoms with Gasteiger partial charge in [-0.25, -0.2) is 4.98 Å². The van der Waals surface area contributed by atoms with Crippen LogP contribution in [0, 0.1) is 0 Å². The lowest BCUT2D eigenvalue weighted by atomic mass is 10.0. The fraction of sp³-hybridized carbons (Fsp3) is 0.625. The number of nitrogens with zero attached hydrogens (tertiary/aromatic N) is 3. The van der Waals surface area contributed by atoms with Gasteiger partial charge in [0.05, 0.1) is 11.9 Å². The molecule has 1 saturated heterocycles. The number of rotatable bonds is 6. The molecule has 0 unspecified atom stereocenters. The van der Waals surface area contributed by atoms with Gasteiger partial charge in [0, 0.05) is 19.5 Å². The van der Waals surface area contributed by atoms with Crippen LogP contribution in [0.3, 0.4) is 0 Å². The van der Waals surface area contributed by atoms with Crippen LogP contribution < -0.4 is 16.0 Å². The van der Waals surface area contributed by atoms with E-state index in [1.807, 2.05) is 18.3 Å². The first-order valence-electron chi connectivity index (χ1n) is 7.97. The molecule has 3 N–H and O–H groups in total. The molecule has 1 fully saturated rings. The Morgan fingerprint density at radius 3 is 2.77 bits per heavy atom. The summed E-state index contributed by atoms with van der Waals surface area (Å²) in [5, 5.41) is 2.80. The SMILES string of the molecule is CN1CCC(N(C)c2ccc(NC(=O)CCCN)nc2)CC1. The van der Waals surface area contributed by atoms with E-state index in [-0.39, 0.29) is 5.91 Å². The Morgan fingerprint density at radius 2 is 2.18 bits per heavy atom. The van der Waals surface area contributed by atoms with Gasteiger partial charge in [-0.1, -0.05) is 0 Å². The standard InChI is InChI=1S/C16H27N5O/c1-20-10-7-13(8-11-20)21(2)14-5-6-15(18-12-14)19-16(22)4-3-9-17/h5-6,12-13H,3-4,7-11,17H2,1-2H3,(H,18,19,22). The molecule has 2 heterocycles. The van der Waals surface area contributed by atoms with Crippen molar-refractivity contribution in [3.63, 3.8) is 0 Å². The third-order valence-electron chi connectivity index (χ3n) is 4.27. The molecule has 6 nitrogen and oxygen atoms in total. The van der Waals surface area contributed by atoms with Gasteiger partial charge in [-0.3, -0.25) is 4.79 Å². The van der Waals surface area contributed by atoms with Gasteiger partial charge in [-0.2, -0.15) is 0 Å². The monoisotopic (exact) mass is 305 g/mol. The van der Waals surface area contributed by atoms with Crippen molar-refractivity contribution in [3.05, 3.63) is 18.3 Å². The molecule has 6 heteroatoms. The molecule has 1 aromatic rings. The topological polar surface area (TPSA) is 74.5 Å². The van der Waals surface area contributed by atoms with Crippen LogP contribution in [-0.4, -0.2) is 55.6 Å². The van der Waals surface area contributed by atoms with Crippen molar-refractivity contribution < 1.29 is 4.79 Å². The van der Waals surface area contributed by atoms with E-state index >= 15 is 0 Å². The quantitative estimate of drug-likeness (QED) is 0.828. The summed E-state index contributed by atoms with van der Waals surface area (Å²) in [6, 6.07) is 4.44. The lowest BCUT2D eigenvalue weighted by Crippen LogP contribution is -2.42. The molecule has 0 aromatic carbocycles. The van der Waals surface area contributed by atoms with Crippen molar-refractivity contribution in [2.75, 3.05) is 43.9 Å². The highest BCUT2D eigenvalue weighted by Crippen LogP contribution is 2.21. The molecular formula is C16H27N5O. The molecule has 1 aromatic heterocycles. The highest BCUT2D eigenvalue weighted by atomic mass is 16.1. The van der Waals surface area contributed by atoms with E-state index < -0.39 is 0 Å². The molecule has 0 aliphatic carbocycles. The third-order valence-corrected chi connectivity index (χ3v) is 4.27. The van der Waals surface area contributed by atoms with Crippen LogP contribution in [0.1, 0.15) is 25.7 Å². The number of nitrogens with two attached hydrogens (primary N) is 1. The number of piperidine rings is 1. The number of amides is 1. The number of hydrogen-bond acceptors (Lipinski definition) is 5. The molecular weight excluding hydrogens is 278 g/mol. The molecule has 1 amide bonds. The van der Waals surface area contributed by atoms with Crippen molar-refractivity contribution in [2.45, 2.75) is 31.7 Å². The summed E-state index contributed by atoms with van der Waals surface area (Å²) in [5.41, 5.74) is 6.49. The van der Waals surface area contributed by atoms with Gasteiger partial charge < -0.3 is 20.9 Å². The summed E-state index contributed by atoms with van der Waals surface area (Å²) in [7, 11) is 4.28. The average molecular weight is 305 g/mol. The summed E-state index contributed by atoms with van der Waals surface area (Å²) >= 11 is 0. The summed E-state index contributed by atoms with van der Waals surface area (Å²) in [6.45, 7) is 2.80. The van der Waals surface area contributed by atoms with E-state index in [1.165, 1.54) is 12.8 Å². The Kier molecular flexibility index (Phi) is 6.15. The van der Waals surface area contributed by atoms with Crippen molar-refractivity contribution in [1.29, 1.82) is 0 Å². The maximum atomic E-state index is 11.6. The van der Waals surface area contributed by atoms with Crippen molar-refractivity contribution in [1.82, 2.24) is 9.88 Å². The molecule has 0 bridgehead atoms. The molecule has 0 spiro atoms. The normalized spacial score (nSPS) is 16.5. The first kappa shape index (κ1) is 16.7. The number of nitrogens with one attached hydrogen (secondary N) is 1. The van der Waals surface area contributed by atoms with Crippen LogP contribution in [0.15, 0.2) is 18.3 Å². The molecule has 1 aliphatic rings. The highest BCUT2D eigenvalue weighted by Gasteiger charge is 2.20. The van der Waals surface area contributed by atoms with Gasteiger partial charge in [0.25, 0.3) is 0 Å². The number of aromatic nitrogens is 1. The minimum atomic E-state index is -0.0330. The average Bonchev–Trinajstić information content (AvgIpc) is 2.54. The smallest absolute Gasteiger partial charge is 0.225 e. The first-order chi connectivity index (χ1) is 10.6. The summed E-state index contributed by atoms with van der Waals surface area (Å²) in [6.07, 6.45) is 5.31. The largest absolute Gasteiger partial charge is 0.370 e. The second-order valence-electron chi connectivity index (χ2n) is 5.99. The minimum Gasteiger partial charge on any atom is -0.370 e. The molecule has 0 saturated carbocycles. The zero-order valence-electron chi connectivity index (χ0n) is 13.6. The molecule has 0 atom stereocenters. The number of anilines is 2. The molecule has 2 rings (SSSR count). The number of carbonyl (C=O) groups is 1. The summed E-state index contributed by atoms with van der Waals surface area (Å²) in [4.78, 5) is 20.6. The van der Waals surface area contributed by atoms with Gasteiger partial charge in [0.15, 0.2) is 0 Å². The zero-order valence-corrected chi connectivity index (χ0v) is 13.6. The van der Waals surface area contributed by atoms with Crippen LogP contribution >= 0.6 is 0 Å². The van der Waals surface area contributed by atoms with Gasteiger partial charge in [-0.05, 0) is 58.1 Å². The zero-order chi connectivity index (χ0) is 15.9.